The highest BCUT2D eigenvalue weighted by Gasteiger charge is 2.27. The van der Waals surface area contributed by atoms with Gasteiger partial charge in [0, 0.05) is 38.2 Å². The van der Waals surface area contributed by atoms with Gasteiger partial charge in [-0.15, -0.1) is 0 Å². The van der Waals surface area contributed by atoms with Crippen molar-refractivity contribution in [3.8, 4) is 0 Å². The molecule has 0 N–H and O–H groups in total. The Morgan fingerprint density at radius 2 is 1.59 bits per heavy atom. The molecular formula is C22H47N3O2. The van der Waals surface area contributed by atoms with Crippen LogP contribution in [0.5, 0.6) is 0 Å². The van der Waals surface area contributed by atoms with Crippen molar-refractivity contribution in [1.82, 2.24) is 9.80 Å². The summed E-state index contributed by atoms with van der Waals surface area (Å²) in [5, 5.41) is 0. The summed E-state index contributed by atoms with van der Waals surface area (Å²) in [5.74, 6) is 0.809. The lowest BCUT2D eigenvalue weighted by Gasteiger charge is -2.40. The first-order valence-corrected chi connectivity index (χ1v) is 10.8. The van der Waals surface area contributed by atoms with E-state index in [-0.39, 0.29) is 11.9 Å². The second-order valence-corrected chi connectivity index (χ2v) is 4.80. The molecular weight excluding hydrogens is 338 g/mol. The summed E-state index contributed by atoms with van der Waals surface area (Å²) in [6.45, 7) is 25.6. The third kappa shape index (κ3) is 15.1. The fourth-order valence-electron chi connectivity index (χ4n) is 2.33. The number of allylic oxidation sites excluding steroid dienone is 1. The van der Waals surface area contributed by atoms with E-state index in [1.165, 1.54) is 6.08 Å². The van der Waals surface area contributed by atoms with Gasteiger partial charge >= 0.3 is 0 Å². The Kier molecular flexibility index (Phi) is 32.5. The molecule has 1 rings (SSSR count). The van der Waals surface area contributed by atoms with Gasteiger partial charge in [-0.25, -0.2) is 4.99 Å². The number of rotatable bonds is 6. The highest BCUT2D eigenvalue weighted by Crippen LogP contribution is 2.16. The number of unbranched alkanes of at least 4 members (excludes halogenated alkanes) is 1. The van der Waals surface area contributed by atoms with E-state index in [1.54, 1.807) is 0 Å². The minimum atomic E-state index is 0.134. The Morgan fingerprint density at radius 1 is 1.07 bits per heavy atom. The molecule has 0 saturated carbocycles. The third-order valence-electron chi connectivity index (χ3n) is 3.40. The first-order valence-electron chi connectivity index (χ1n) is 10.8. The number of carbonyl (C=O) groups is 2. The van der Waals surface area contributed by atoms with Crippen LogP contribution in [0.1, 0.15) is 88.5 Å². The van der Waals surface area contributed by atoms with Gasteiger partial charge in [0.1, 0.15) is 12.1 Å². The molecule has 162 valence electrons. The third-order valence-corrected chi connectivity index (χ3v) is 3.40. The molecule has 1 atom stereocenters. The Labute approximate surface area is 169 Å². The number of carbonyl (C=O) groups excluding carboxylic acids is 2. The van der Waals surface area contributed by atoms with Gasteiger partial charge in [-0.2, -0.15) is 0 Å². The fourth-order valence-corrected chi connectivity index (χ4v) is 2.33. The van der Waals surface area contributed by atoms with Crippen molar-refractivity contribution in [1.29, 1.82) is 0 Å². The number of amides is 1. The van der Waals surface area contributed by atoms with Gasteiger partial charge in [-0.05, 0) is 20.1 Å². The minimum Gasteiger partial charge on any atom is -0.353 e. The summed E-state index contributed by atoms with van der Waals surface area (Å²) in [6, 6.07) is 0.134. The Bertz CT molecular complexity index is 369. The average Bonchev–Trinajstić information content (AvgIpc) is 2.76. The molecule has 0 bridgehead atoms. The SMILES string of the molecule is C=N/C(=C/C=O)N1CCN(C(=O)CCCC)C(C)C1.CC.CC.CC.CC. The van der Waals surface area contributed by atoms with Gasteiger partial charge in [0.15, 0.2) is 0 Å². The predicted octanol–water partition coefficient (Wildman–Crippen LogP) is 5.56. The van der Waals surface area contributed by atoms with E-state index in [9.17, 15) is 9.59 Å². The maximum Gasteiger partial charge on any atom is 0.222 e. The van der Waals surface area contributed by atoms with Crippen LogP contribution in [-0.2, 0) is 9.59 Å². The van der Waals surface area contributed by atoms with Crippen molar-refractivity contribution in [3.05, 3.63) is 11.9 Å². The van der Waals surface area contributed by atoms with Gasteiger partial charge in [-0.3, -0.25) is 9.59 Å². The molecule has 0 aliphatic carbocycles. The van der Waals surface area contributed by atoms with Crippen molar-refractivity contribution in [2.75, 3.05) is 19.6 Å². The van der Waals surface area contributed by atoms with Crippen molar-refractivity contribution in [2.45, 2.75) is 94.5 Å². The van der Waals surface area contributed by atoms with E-state index in [0.717, 1.165) is 12.8 Å². The van der Waals surface area contributed by atoms with Crippen molar-refractivity contribution in [3.63, 3.8) is 0 Å². The summed E-state index contributed by atoms with van der Waals surface area (Å²) in [4.78, 5) is 30.4. The van der Waals surface area contributed by atoms with Crippen LogP contribution < -0.4 is 0 Å². The van der Waals surface area contributed by atoms with Crippen LogP contribution in [0.4, 0.5) is 0 Å². The molecule has 1 unspecified atom stereocenters. The molecule has 5 heteroatoms. The topological polar surface area (TPSA) is 53.0 Å². The summed E-state index contributed by atoms with van der Waals surface area (Å²) >= 11 is 0. The molecule has 1 aliphatic rings. The lowest BCUT2D eigenvalue weighted by molar-refractivity contribution is -0.135. The van der Waals surface area contributed by atoms with E-state index in [4.69, 9.17) is 0 Å². The number of hydrogen-bond acceptors (Lipinski definition) is 4. The monoisotopic (exact) mass is 385 g/mol. The molecule has 27 heavy (non-hydrogen) atoms. The van der Waals surface area contributed by atoms with E-state index in [2.05, 4.69) is 18.6 Å². The molecule has 1 fully saturated rings. The smallest absolute Gasteiger partial charge is 0.222 e. The largest absolute Gasteiger partial charge is 0.353 e. The Balaban J connectivity index is -0.000000292. The van der Waals surface area contributed by atoms with Gasteiger partial charge in [0.2, 0.25) is 5.91 Å². The van der Waals surface area contributed by atoms with E-state index >= 15 is 0 Å². The van der Waals surface area contributed by atoms with Crippen LogP contribution in [0.3, 0.4) is 0 Å². The molecule has 0 aromatic rings. The standard InChI is InChI=1S/C14H23N3O2.4C2H6/c1-4-5-6-14(19)17-9-8-16(11-12(17)2)13(15-3)7-10-18;4*1-2/h7,10,12H,3-6,8-9,11H2,1-2H3;4*1-2H3/b13-7-;;;;. The van der Waals surface area contributed by atoms with Gasteiger partial charge in [0.05, 0.1) is 0 Å². The van der Waals surface area contributed by atoms with Crippen LogP contribution >= 0.6 is 0 Å². The van der Waals surface area contributed by atoms with Crippen molar-refractivity contribution >= 4 is 18.9 Å². The summed E-state index contributed by atoms with van der Waals surface area (Å²) in [7, 11) is 0. The summed E-state index contributed by atoms with van der Waals surface area (Å²) in [5.41, 5.74) is 0. The molecule has 1 aliphatic heterocycles. The molecule has 0 spiro atoms. The van der Waals surface area contributed by atoms with E-state index in [0.29, 0.717) is 38.2 Å². The molecule has 0 aromatic heterocycles. The minimum absolute atomic E-state index is 0.134. The van der Waals surface area contributed by atoms with Gasteiger partial charge in [-0.1, -0.05) is 68.7 Å². The number of aliphatic imine (C=N–C) groups is 1. The number of nitrogens with zero attached hydrogens (tertiary/aromatic N) is 3. The van der Waals surface area contributed by atoms with E-state index < -0.39 is 0 Å². The normalized spacial score (nSPS) is 15.2. The molecule has 1 amide bonds. The molecule has 1 saturated heterocycles. The molecule has 0 radical (unpaired) electrons. The van der Waals surface area contributed by atoms with Crippen molar-refractivity contribution < 1.29 is 9.59 Å². The van der Waals surface area contributed by atoms with Crippen LogP contribution in [-0.4, -0.2) is 54.4 Å². The van der Waals surface area contributed by atoms with E-state index in [1.807, 2.05) is 72.1 Å². The fraction of sp³-hybridized carbons (Fsp3) is 0.773. The number of piperazine rings is 1. The van der Waals surface area contributed by atoms with Crippen LogP contribution in [0, 0.1) is 0 Å². The number of aldehydes is 1. The quantitative estimate of drug-likeness (QED) is 0.342. The zero-order valence-electron chi connectivity index (χ0n) is 19.8. The molecule has 5 nitrogen and oxygen atoms in total. The maximum absolute atomic E-state index is 12.0. The lowest BCUT2D eigenvalue weighted by atomic mass is 10.1. The van der Waals surface area contributed by atoms with Crippen LogP contribution in [0.2, 0.25) is 0 Å². The zero-order chi connectivity index (χ0) is 22.3. The second kappa shape index (κ2) is 26.6. The maximum atomic E-state index is 12.0. The van der Waals surface area contributed by atoms with Crippen LogP contribution in [0.25, 0.3) is 0 Å². The summed E-state index contributed by atoms with van der Waals surface area (Å²) in [6.07, 6.45) is 4.72. The second-order valence-electron chi connectivity index (χ2n) is 4.80. The number of hydrogen-bond donors (Lipinski definition) is 0. The first-order chi connectivity index (χ1) is 13.1. The summed E-state index contributed by atoms with van der Waals surface area (Å²) < 4.78 is 0. The Hall–Kier alpha value is -1.65. The lowest BCUT2D eigenvalue weighted by Crippen LogP contribution is -2.53. The highest BCUT2D eigenvalue weighted by molar-refractivity contribution is 5.76. The van der Waals surface area contributed by atoms with Gasteiger partial charge < -0.3 is 9.80 Å². The highest BCUT2D eigenvalue weighted by atomic mass is 16.2. The zero-order valence-corrected chi connectivity index (χ0v) is 19.8. The average molecular weight is 386 g/mol. The first kappa shape index (κ1) is 33.0. The molecule has 0 aromatic carbocycles. The van der Waals surface area contributed by atoms with Crippen molar-refractivity contribution in [2.24, 2.45) is 4.99 Å². The predicted molar refractivity (Wildman–Crippen MR) is 121 cm³/mol. The Morgan fingerprint density at radius 3 is 1.96 bits per heavy atom. The molecule has 1 heterocycles. The van der Waals surface area contributed by atoms with Gasteiger partial charge in [0.25, 0.3) is 0 Å². The van der Waals surface area contributed by atoms with Crippen LogP contribution in [0.15, 0.2) is 16.9 Å².